The zero-order valence-electron chi connectivity index (χ0n) is 13.9. The fraction of sp³-hybridized carbons (Fsp3) is 0.800. The molecule has 0 radical (unpaired) electrons. The first-order chi connectivity index (χ1) is 9.20. The van der Waals surface area contributed by atoms with Gasteiger partial charge in [-0.05, 0) is 27.9 Å². The van der Waals surface area contributed by atoms with Gasteiger partial charge in [-0.15, -0.1) is 0 Å². The van der Waals surface area contributed by atoms with E-state index in [2.05, 4.69) is 58.5 Å². The summed E-state index contributed by atoms with van der Waals surface area (Å²) in [5.41, 5.74) is 0.993. The minimum absolute atomic E-state index is 0.0307. The van der Waals surface area contributed by atoms with Crippen LogP contribution in [0.2, 0.25) is 0 Å². The Labute approximate surface area is 127 Å². The lowest BCUT2D eigenvalue weighted by molar-refractivity contribution is 0.282. The van der Waals surface area contributed by atoms with Gasteiger partial charge in [0.1, 0.15) is 0 Å². The molecule has 1 atom stereocenters. The molecule has 4 nitrogen and oxygen atoms in total. The summed E-state index contributed by atoms with van der Waals surface area (Å²) >= 11 is 1.62. The molecule has 0 aliphatic heterocycles. The van der Waals surface area contributed by atoms with Crippen molar-refractivity contribution in [3.05, 3.63) is 10.6 Å². The van der Waals surface area contributed by atoms with Crippen LogP contribution in [0.3, 0.4) is 0 Å². The largest absolute Gasteiger partial charge is 0.391 e. The molecule has 20 heavy (non-hydrogen) atoms. The van der Waals surface area contributed by atoms with E-state index in [1.165, 1.54) is 0 Å². The number of thiazole rings is 1. The summed E-state index contributed by atoms with van der Waals surface area (Å²) in [5.74, 6) is 0. The molecule has 0 saturated heterocycles. The molecule has 0 aliphatic rings. The average molecular weight is 299 g/mol. The Balaban J connectivity index is 3.08. The summed E-state index contributed by atoms with van der Waals surface area (Å²) in [5, 5.41) is 10.6. The summed E-state index contributed by atoms with van der Waals surface area (Å²) in [6.07, 6.45) is 0. The highest BCUT2D eigenvalue weighted by molar-refractivity contribution is 7.15. The number of aliphatic hydroxyl groups is 1. The van der Waals surface area contributed by atoms with Crippen molar-refractivity contribution in [2.75, 3.05) is 32.1 Å². The Bertz CT molecular complexity index is 423. The first-order valence-electron chi connectivity index (χ1n) is 7.23. The second-order valence-corrected chi connectivity index (χ2v) is 7.64. The van der Waals surface area contributed by atoms with E-state index < -0.39 is 0 Å². The maximum absolute atomic E-state index is 9.58. The van der Waals surface area contributed by atoms with Crippen LogP contribution < -0.4 is 4.90 Å². The number of hydrogen-bond donors (Lipinski definition) is 1. The summed E-state index contributed by atoms with van der Waals surface area (Å²) in [7, 11) is 4.18. The van der Waals surface area contributed by atoms with Crippen LogP contribution in [0.4, 0.5) is 5.13 Å². The number of rotatable bonds is 6. The number of hydrogen-bond acceptors (Lipinski definition) is 5. The molecule has 1 aromatic heterocycles. The number of nitrogens with zero attached hydrogens (tertiary/aromatic N) is 3. The van der Waals surface area contributed by atoms with E-state index in [9.17, 15) is 5.11 Å². The van der Waals surface area contributed by atoms with Crippen LogP contribution >= 0.6 is 11.3 Å². The molecule has 116 valence electrons. The van der Waals surface area contributed by atoms with Crippen LogP contribution in [0.1, 0.15) is 45.2 Å². The Kier molecular flexibility index (Phi) is 5.98. The van der Waals surface area contributed by atoms with Gasteiger partial charge in [-0.3, -0.25) is 0 Å². The fourth-order valence-corrected chi connectivity index (χ4v) is 3.71. The molecule has 0 spiro atoms. The number of anilines is 1. The predicted molar refractivity (Wildman–Crippen MR) is 87.8 cm³/mol. The van der Waals surface area contributed by atoms with Crippen molar-refractivity contribution in [1.82, 2.24) is 9.88 Å². The fourth-order valence-electron chi connectivity index (χ4n) is 2.42. The Morgan fingerprint density at radius 1 is 1.30 bits per heavy atom. The molecule has 0 fully saturated rings. The molecule has 0 saturated carbocycles. The maximum Gasteiger partial charge on any atom is 0.186 e. The predicted octanol–water partition coefficient (Wildman–Crippen LogP) is 2.71. The number of aliphatic hydroxyl groups excluding tert-OH is 1. The third kappa shape index (κ3) is 4.17. The second-order valence-electron chi connectivity index (χ2n) is 6.57. The van der Waals surface area contributed by atoms with Crippen molar-refractivity contribution in [2.24, 2.45) is 0 Å². The van der Waals surface area contributed by atoms with Gasteiger partial charge >= 0.3 is 0 Å². The van der Waals surface area contributed by atoms with Crippen molar-refractivity contribution < 1.29 is 5.11 Å². The van der Waals surface area contributed by atoms with Gasteiger partial charge in [0.05, 0.1) is 17.2 Å². The SMILES string of the molecule is CCN(c1nc(C(C)(C)C)c(CO)s1)C(C)CN(C)C. The number of aromatic nitrogens is 1. The van der Waals surface area contributed by atoms with Gasteiger partial charge in [-0.25, -0.2) is 4.98 Å². The molecule has 0 amide bonds. The normalized spacial score (nSPS) is 13.8. The Hall–Kier alpha value is -0.650. The highest BCUT2D eigenvalue weighted by Crippen LogP contribution is 2.34. The van der Waals surface area contributed by atoms with Gasteiger partial charge in [0.25, 0.3) is 0 Å². The van der Waals surface area contributed by atoms with Crippen molar-refractivity contribution in [2.45, 2.75) is 52.7 Å². The van der Waals surface area contributed by atoms with E-state index in [0.717, 1.165) is 28.8 Å². The van der Waals surface area contributed by atoms with Gasteiger partial charge in [-0.1, -0.05) is 32.1 Å². The summed E-state index contributed by atoms with van der Waals surface area (Å²) in [6.45, 7) is 12.8. The van der Waals surface area contributed by atoms with E-state index in [-0.39, 0.29) is 12.0 Å². The van der Waals surface area contributed by atoms with E-state index in [1.54, 1.807) is 11.3 Å². The maximum atomic E-state index is 9.58. The first-order valence-corrected chi connectivity index (χ1v) is 8.04. The summed E-state index contributed by atoms with van der Waals surface area (Å²) < 4.78 is 0. The van der Waals surface area contributed by atoms with E-state index in [4.69, 9.17) is 4.98 Å². The van der Waals surface area contributed by atoms with Crippen molar-refractivity contribution in [1.29, 1.82) is 0 Å². The molecular formula is C15H29N3OS. The highest BCUT2D eigenvalue weighted by Gasteiger charge is 2.25. The quantitative estimate of drug-likeness (QED) is 0.877. The Morgan fingerprint density at radius 2 is 1.90 bits per heavy atom. The van der Waals surface area contributed by atoms with Gasteiger partial charge in [0.15, 0.2) is 5.13 Å². The molecule has 0 aromatic carbocycles. The van der Waals surface area contributed by atoms with Crippen LogP contribution in [0.5, 0.6) is 0 Å². The summed E-state index contributed by atoms with van der Waals surface area (Å²) in [6, 6.07) is 0.403. The lowest BCUT2D eigenvalue weighted by Crippen LogP contribution is -2.40. The van der Waals surface area contributed by atoms with Gasteiger partial charge in [0, 0.05) is 24.5 Å². The van der Waals surface area contributed by atoms with Gasteiger partial charge < -0.3 is 14.9 Å². The van der Waals surface area contributed by atoms with Crippen LogP contribution in [0.15, 0.2) is 0 Å². The molecule has 1 heterocycles. The van der Waals surface area contributed by atoms with Crippen LogP contribution in [-0.4, -0.2) is 48.2 Å². The summed E-state index contributed by atoms with van der Waals surface area (Å²) in [4.78, 5) is 10.3. The molecule has 0 aliphatic carbocycles. The minimum atomic E-state index is -0.0307. The third-order valence-electron chi connectivity index (χ3n) is 3.29. The van der Waals surface area contributed by atoms with Crippen LogP contribution in [-0.2, 0) is 12.0 Å². The molecule has 1 N–H and O–H groups in total. The zero-order valence-corrected chi connectivity index (χ0v) is 14.7. The average Bonchev–Trinajstić information content (AvgIpc) is 2.72. The first kappa shape index (κ1) is 17.4. The molecule has 5 heteroatoms. The monoisotopic (exact) mass is 299 g/mol. The molecule has 1 rings (SSSR count). The van der Waals surface area contributed by atoms with Crippen LogP contribution in [0.25, 0.3) is 0 Å². The molecule has 1 unspecified atom stereocenters. The van der Waals surface area contributed by atoms with Crippen molar-refractivity contribution in [3.8, 4) is 0 Å². The lowest BCUT2D eigenvalue weighted by atomic mass is 9.91. The molecule has 0 bridgehead atoms. The van der Waals surface area contributed by atoms with Crippen molar-refractivity contribution in [3.63, 3.8) is 0 Å². The van der Waals surface area contributed by atoms with E-state index in [1.807, 2.05) is 0 Å². The van der Waals surface area contributed by atoms with E-state index in [0.29, 0.717) is 6.04 Å². The highest BCUT2D eigenvalue weighted by atomic mass is 32.1. The zero-order chi connectivity index (χ0) is 15.5. The topological polar surface area (TPSA) is 39.6 Å². The van der Waals surface area contributed by atoms with Crippen LogP contribution in [0, 0.1) is 0 Å². The number of likely N-dealkylation sites (N-methyl/N-ethyl adjacent to an activating group) is 2. The third-order valence-corrected chi connectivity index (χ3v) is 4.37. The van der Waals surface area contributed by atoms with E-state index >= 15 is 0 Å². The van der Waals surface area contributed by atoms with Gasteiger partial charge in [-0.2, -0.15) is 0 Å². The van der Waals surface area contributed by atoms with Crippen molar-refractivity contribution >= 4 is 16.5 Å². The minimum Gasteiger partial charge on any atom is -0.391 e. The lowest BCUT2D eigenvalue weighted by Gasteiger charge is -2.29. The van der Waals surface area contributed by atoms with Gasteiger partial charge in [0.2, 0.25) is 0 Å². The molecular weight excluding hydrogens is 270 g/mol. The Morgan fingerprint density at radius 3 is 2.25 bits per heavy atom. The standard InChI is InChI=1S/C15H29N3OS/c1-8-18(11(2)9-17(6)7)14-16-13(15(3,4)5)12(10-19)20-14/h11,19H,8-10H2,1-7H3. The molecule has 1 aromatic rings. The second kappa shape index (κ2) is 6.87. The smallest absolute Gasteiger partial charge is 0.186 e.